The van der Waals surface area contributed by atoms with Gasteiger partial charge < -0.3 is 10.1 Å². The van der Waals surface area contributed by atoms with E-state index in [9.17, 15) is 4.39 Å². The Morgan fingerprint density at radius 2 is 2.00 bits per heavy atom. The average molecular weight is 352 g/mol. The fraction of sp³-hybridized carbons (Fsp3) is 0.125. The number of nitrogens with one attached hydrogen (secondary N) is 2. The van der Waals surface area contributed by atoms with Crippen molar-refractivity contribution in [1.29, 1.82) is 0 Å². The van der Waals surface area contributed by atoms with Crippen LogP contribution in [-0.4, -0.2) is 17.9 Å². The summed E-state index contributed by atoms with van der Waals surface area (Å²) in [6.07, 6.45) is 0. The van der Waals surface area contributed by atoms with Gasteiger partial charge in [-0.15, -0.1) is 0 Å². The predicted octanol–water partition coefficient (Wildman–Crippen LogP) is 4.20. The van der Waals surface area contributed by atoms with Gasteiger partial charge in [-0.25, -0.2) is 4.39 Å². The SMILES string of the molecule is COc1ccccc1NC(=S)N/N=C(/C)c1ccc(F)cc1Cl. The summed E-state index contributed by atoms with van der Waals surface area (Å²) in [5, 5.41) is 7.73. The van der Waals surface area contributed by atoms with E-state index in [1.54, 1.807) is 20.1 Å². The van der Waals surface area contributed by atoms with Crippen LogP contribution in [0.4, 0.5) is 10.1 Å². The van der Waals surface area contributed by atoms with E-state index in [2.05, 4.69) is 15.8 Å². The predicted molar refractivity (Wildman–Crippen MR) is 96.0 cm³/mol. The van der Waals surface area contributed by atoms with Crippen molar-refractivity contribution in [2.75, 3.05) is 12.4 Å². The van der Waals surface area contributed by atoms with Crippen LogP contribution in [-0.2, 0) is 0 Å². The number of hydrogen-bond acceptors (Lipinski definition) is 3. The second-order valence-corrected chi connectivity index (χ2v) is 5.40. The van der Waals surface area contributed by atoms with Crippen LogP contribution >= 0.6 is 23.8 Å². The molecule has 0 saturated heterocycles. The van der Waals surface area contributed by atoms with E-state index in [0.717, 1.165) is 5.69 Å². The van der Waals surface area contributed by atoms with Crippen molar-refractivity contribution in [3.8, 4) is 5.75 Å². The lowest BCUT2D eigenvalue weighted by Gasteiger charge is -2.11. The van der Waals surface area contributed by atoms with Crippen LogP contribution in [0.5, 0.6) is 5.75 Å². The maximum absolute atomic E-state index is 13.1. The molecule has 0 heterocycles. The number of benzene rings is 2. The Balaban J connectivity index is 2.05. The minimum Gasteiger partial charge on any atom is -0.495 e. The fourth-order valence-electron chi connectivity index (χ4n) is 1.88. The molecule has 0 unspecified atom stereocenters. The zero-order chi connectivity index (χ0) is 16.8. The average Bonchev–Trinajstić information content (AvgIpc) is 2.53. The Hall–Kier alpha value is -2.18. The summed E-state index contributed by atoms with van der Waals surface area (Å²) in [6.45, 7) is 1.75. The second-order valence-electron chi connectivity index (χ2n) is 4.59. The highest BCUT2D eigenvalue weighted by Crippen LogP contribution is 2.22. The van der Waals surface area contributed by atoms with Gasteiger partial charge in [-0.1, -0.05) is 23.7 Å². The van der Waals surface area contributed by atoms with E-state index >= 15 is 0 Å². The van der Waals surface area contributed by atoms with E-state index < -0.39 is 5.82 Å². The summed E-state index contributed by atoms with van der Waals surface area (Å²) >= 11 is 11.2. The van der Waals surface area contributed by atoms with Crippen LogP contribution < -0.4 is 15.5 Å². The quantitative estimate of drug-likeness (QED) is 0.492. The van der Waals surface area contributed by atoms with E-state index in [-0.39, 0.29) is 5.02 Å². The van der Waals surface area contributed by atoms with Crippen molar-refractivity contribution in [3.63, 3.8) is 0 Å². The largest absolute Gasteiger partial charge is 0.495 e. The van der Waals surface area contributed by atoms with Gasteiger partial charge in [0.25, 0.3) is 0 Å². The van der Waals surface area contributed by atoms with E-state index in [0.29, 0.717) is 22.1 Å². The summed E-state index contributed by atoms with van der Waals surface area (Å²) in [4.78, 5) is 0. The molecule has 2 rings (SSSR count). The third-order valence-electron chi connectivity index (χ3n) is 3.00. The lowest BCUT2D eigenvalue weighted by Crippen LogP contribution is -2.25. The van der Waals surface area contributed by atoms with Crippen LogP contribution in [0.15, 0.2) is 47.6 Å². The number of ether oxygens (including phenoxy) is 1. The Kier molecular flexibility index (Phi) is 5.90. The third-order valence-corrected chi connectivity index (χ3v) is 3.51. The highest BCUT2D eigenvalue weighted by Gasteiger charge is 2.06. The maximum Gasteiger partial charge on any atom is 0.191 e. The first-order valence-electron chi connectivity index (χ1n) is 6.71. The molecule has 0 spiro atoms. The smallest absolute Gasteiger partial charge is 0.191 e. The van der Waals surface area contributed by atoms with E-state index in [4.69, 9.17) is 28.6 Å². The number of rotatable bonds is 4. The van der Waals surface area contributed by atoms with Gasteiger partial charge in [0.05, 0.1) is 23.5 Å². The molecule has 7 heteroatoms. The van der Waals surface area contributed by atoms with Gasteiger partial charge in [0.1, 0.15) is 11.6 Å². The zero-order valence-corrected chi connectivity index (χ0v) is 14.1. The molecule has 0 aliphatic carbocycles. The van der Waals surface area contributed by atoms with Crippen LogP contribution in [0, 0.1) is 5.82 Å². The van der Waals surface area contributed by atoms with Gasteiger partial charge in [0.2, 0.25) is 0 Å². The number of thiocarbonyl (C=S) groups is 1. The summed E-state index contributed by atoms with van der Waals surface area (Å²) in [6, 6.07) is 11.5. The van der Waals surface area contributed by atoms with Gasteiger partial charge in [-0.05, 0) is 49.5 Å². The molecule has 0 aromatic heterocycles. The van der Waals surface area contributed by atoms with Crippen LogP contribution in [0.3, 0.4) is 0 Å². The Morgan fingerprint density at radius 3 is 2.70 bits per heavy atom. The molecule has 23 heavy (non-hydrogen) atoms. The highest BCUT2D eigenvalue weighted by atomic mass is 35.5. The number of hydrazone groups is 1. The summed E-state index contributed by atoms with van der Waals surface area (Å²) < 4.78 is 18.3. The molecule has 0 saturated carbocycles. The summed E-state index contributed by atoms with van der Waals surface area (Å²) in [5.41, 5.74) is 4.65. The minimum absolute atomic E-state index is 0.289. The van der Waals surface area contributed by atoms with Crippen LogP contribution in [0.1, 0.15) is 12.5 Å². The first-order chi connectivity index (χ1) is 11.0. The van der Waals surface area contributed by atoms with Crippen molar-refractivity contribution in [3.05, 3.63) is 58.9 Å². The van der Waals surface area contributed by atoms with Gasteiger partial charge in [-0.2, -0.15) is 5.10 Å². The molecule has 0 fully saturated rings. The molecule has 0 aliphatic rings. The standard InChI is InChI=1S/C16H15ClFN3OS/c1-10(12-8-7-11(18)9-13(12)17)20-21-16(23)19-14-5-3-4-6-15(14)22-2/h3-9H,1-2H3,(H2,19,21,23)/b20-10-. The molecule has 0 atom stereocenters. The maximum atomic E-state index is 13.1. The van der Waals surface area contributed by atoms with Gasteiger partial charge in [0.15, 0.2) is 5.11 Å². The molecule has 0 bridgehead atoms. The molecule has 4 nitrogen and oxygen atoms in total. The minimum atomic E-state index is -0.395. The Bertz CT molecular complexity index is 752. The Morgan fingerprint density at radius 1 is 1.26 bits per heavy atom. The number of methoxy groups -OCH3 is 1. The molecule has 2 aromatic carbocycles. The first-order valence-corrected chi connectivity index (χ1v) is 7.49. The van der Waals surface area contributed by atoms with Crippen molar-refractivity contribution in [1.82, 2.24) is 5.43 Å². The number of anilines is 1. The number of halogens is 2. The number of hydrogen-bond donors (Lipinski definition) is 2. The van der Waals surface area contributed by atoms with Crippen molar-refractivity contribution in [2.24, 2.45) is 5.10 Å². The number of para-hydroxylation sites is 2. The highest BCUT2D eigenvalue weighted by molar-refractivity contribution is 7.80. The first kappa shape index (κ1) is 17.2. The normalized spacial score (nSPS) is 11.0. The zero-order valence-electron chi connectivity index (χ0n) is 12.6. The molecule has 2 aromatic rings. The lowest BCUT2D eigenvalue weighted by atomic mass is 10.1. The molecular weight excluding hydrogens is 337 g/mol. The van der Waals surface area contributed by atoms with Crippen LogP contribution in [0.2, 0.25) is 5.02 Å². The van der Waals surface area contributed by atoms with Gasteiger partial charge in [0, 0.05) is 5.56 Å². The van der Waals surface area contributed by atoms with Gasteiger partial charge >= 0.3 is 0 Å². The molecule has 0 radical (unpaired) electrons. The molecule has 120 valence electrons. The van der Waals surface area contributed by atoms with Crippen molar-refractivity contribution in [2.45, 2.75) is 6.92 Å². The van der Waals surface area contributed by atoms with E-state index in [1.807, 2.05) is 24.3 Å². The summed E-state index contributed by atoms with van der Waals surface area (Å²) in [5.74, 6) is 0.270. The van der Waals surface area contributed by atoms with Crippen LogP contribution in [0.25, 0.3) is 0 Å². The van der Waals surface area contributed by atoms with Crippen molar-refractivity contribution >= 4 is 40.3 Å². The topological polar surface area (TPSA) is 45.6 Å². The molecule has 0 aliphatic heterocycles. The summed E-state index contributed by atoms with van der Waals surface area (Å²) in [7, 11) is 1.58. The van der Waals surface area contributed by atoms with Crippen molar-refractivity contribution < 1.29 is 9.13 Å². The lowest BCUT2D eigenvalue weighted by molar-refractivity contribution is 0.417. The number of nitrogens with zero attached hydrogens (tertiary/aromatic N) is 1. The molecular formula is C16H15ClFN3OS. The molecule has 2 N–H and O–H groups in total. The fourth-order valence-corrected chi connectivity index (χ4v) is 2.34. The van der Waals surface area contributed by atoms with Gasteiger partial charge in [-0.3, -0.25) is 5.43 Å². The second kappa shape index (κ2) is 7.89. The molecule has 0 amide bonds. The van der Waals surface area contributed by atoms with E-state index in [1.165, 1.54) is 12.1 Å². The Labute approximate surface area is 144 Å². The third kappa shape index (κ3) is 4.64. The monoisotopic (exact) mass is 351 g/mol.